The lowest BCUT2D eigenvalue weighted by Crippen LogP contribution is -2.09. The van der Waals surface area contributed by atoms with E-state index in [1.165, 1.54) is 22.5 Å². The van der Waals surface area contributed by atoms with Gasteiger partial charge in [-0.2, -0.15) is 0 Å². The van der Waals surface area contributed by atoms with Crippen LogP contribution in [-0.4, -0.2) is 38.5 Å². The van der Waals surface area contributed by atoms with Gasteiger partial charge in [-0.1, -0.05) is 42.5 Å². The molecule has 0 saturated carbocycles. The highest BCUT2D eigenvalue weighted by atomic mass is 16.5. The maximum Gasteiger partial charge on any atom is 0.199 e. The molecular weight excluding hydrogens is 404 g/mol. The minimum Gasteiger partial charge on any atom is -0.457 e. The molecule has 0 saturated heterocycles. The Morgan fingerprint density at radius 1 is 0.848 bits per heavy atom. The van der Waals surface area contributed by atoms with Gasteiger partial charge in [0.05, 0.1) is 0 Å². The van der Waals surface area contributed by atoms with E-state index in [-0.39, 0.29) is 0 Å². The third-order valence-corrected chi connectivity index (χ3v) is 5.69. The Bertz CT molecular complexity index is 1240. The number of hydrogen-bond donors (Lipinski definition) is 0. The molecule has 1 aliphatic carbocycles. The Balaban J connectivity index is 1.63. The van der Waals surface area contributed by atoms with Crippen molar-refractivity contribution in [2.24, 2.45) is 0 Å². The van der Waals surface area contributed by atoms with E-state index >= 15 is 0 Å². The zero-order valence-corrected chi connectivity index (χ0v) is 20.0. The smallest absolute Gasteiger partial charge is 0.199 e. The fraction of sp³-hybridized carbons (Fsp3) is 0.167. The molecule has 0 amide bonds. The van der Waals surface area contributed by atoms with Crippen LogP contribution in [-0.2, 0) is 0 Å². The summed E-state index contributed by atoms with van der Waals surface area (Å²) < 4.78 is 8.33. The normalized spacial score (nSPS) is 16.0. The van der Waals surface area contributed by atoms with Crippen molar-refractivity contribution in [1.82, 2.24) is 0 Å². The first-order valence-electron chi connectivity index (χ1n) is 11.2. The van der Waals surface area contributed by atoms with Crippen LogP contribution in [0.2, 0.25) is 0 Å². The summed E-state index contributed by atoms with van der Waals surface area (Å²) in [4.78, 5) is 2.11. The monoisotopic (exact) mass is 435 g/mol. The van der Waals surface area contributed by atoms with E-state index in [4.69, 9.17) is 4.74 Å². The van der Waals surface area contributed by atoms with Crippen molar-refractivity contribution in [2.45, 2.75) is 6.92 Å². The molecule has 0 radical (unpaired) electrons. The fourth-order valence-electron chi connectivity index (χ4n) is 3.69. The number of hydrogen-bond acceptors (Lipinski definition) is 2. The van der Waals surface area contributed by atoms with Crippen LogP contribution >= 0.6 is 0 Å². The van der Waals surface area contributed by atoms with Crippen molar-refractivity contribution in [3.8, 4) is 5.75 Å². The fourth-order valence-corrected chi connectivity index (χ4v) is 3.69. The third kappa shape index (κ3) is 5.50. The van der Waals surface area contributed by atoms with E-state index in [2.05, 4.69) is 122 Å². The van der Waals surface area contributed by atoms with Crippen LogP contribution in [0.25, 0.3) is 11.6 Å². The number of benzene rings is 2. The maximum absolute atomic E-state index is 6.23. The Morgan fingerprint density at radius 3 is 2.24 bits per heavy atom. The van der Waals surface area contributed by atoms with Crippen molar-refractivity contribution >= 4 is 23.0 Å². The minimum atomic E-state index is 0.826. The van der Waals surface area contributed by atoms with E-state index in [0.29, 0.717) is 0 Å². The van der Waals surface area contributed by atoms with Crippen molar-refractivity contribution in [1.29, 1.82) is 0 Å². The van der Waals surface area contributed by atoms with Crippen LogP contribution in [0.4, 0.5) is 5.69 Å². The van der Waals surface area contributed by atoms with E-state index in [1.54, 1.807) is 0 Å². The molecule has 33 heavy (non-hydrogen) atoms. The molecule has 3 nitrogen and oxygen atoms in total. The molecule has 1 heterocycles. The lowest BCUT2D eigenvalue weighted by Gasteiger charge is -2.19. The standard InChI is InChI=1S/C30H31N2O/c1-22-6-19-29-25(13-7-23-8-14-26(15-9-23)31(2)3)21-28(33-30(29)20-22)18-12-24-10-16-27(17-11-24)32(4)5/h6-21H,1-5H3/q+1. The van der Waals surface area contributed by atoms with E-state index < -0.39 is 0 Å². The van der Waals surface area contributed by atoms with E-state index in [9.17, 15) is 0 Å². The molecular formula is C30H31N2O+. The summed E-state index contributed by atoms with van der Waals surface area (Å²) in [6, 6.07) is 14.9. The number of aryl methyl sites for hydroxylation is 1. The van der Waals surface area contributed by atoms with E-state index in [0.717, 1.165) is 28.2 Å². The SMILES string of the molecule is Cc1ccc2c(c1)O/C(=C/C=C1C=CC(=[N+](C)C)C=C1)C=C2/C=C/c1ccc(N(C)C)cc1. The van der Waals surface area contributed by atoms with Gasteiger partial charge in [0.25, 0.3) is 0 Å². The van der Waals surface area contributed by atoms with Gasteiger partial charge in [0.2, 0.25) is 0 Å². The minimum absolute atomic E-state index is 0.826. The van der Waals surface area contributed by atoms with E-state index in [1.807, 2.05) is 20.2 Å². The lowest BCUT2D eigenvalue weighted by molar-refractivity contribution is -0.462. The topological polar surface area (TPSA) is 15.5 Å². The van der Waals surface area contributed by atoms with Crippen molar-refractivity contribution < 1.29 is 9.31 Å². The first kappa shape index (κ1) is 22.3. The largest absolute Gasteiger partial charge is 0.457 e. The van der Waals surface area contributed by atoms with Crippen LogP contribution < -0.4 is 9.64 Å². The summed E-state index contributed by atoms with van der Waals surface area (Å²) in [5.74, 6) is 1.72. The molecule has 4 rings (SSSR count). The van der Waals surface area contributed by atoms with Gasteiger partial charge in [0.15, 0.2) is 5.71 Å². The molecule has 2 aliphatic rings. The Kier molecular flexibility index (Phi) is 6.60. The summed E-state index contributed by atoms with van der Waals surface area (Å²) in [5, 5.41) is 0. The molecule has 0 bridgehead atoms. The van der Waals surface area contributed by atoms with Crippen molar-refractivity contribution in [2.75, 3.05) is 33.1 Å². The predicted octanol–water partition coefficient (Wildman–Crippen LogP) is 6.20. The summed E-state index contributed by atoms with van der Waals surface area (Å²) in [7, 11) is 8.20. The molecule has 166 valence electrons. The molecule has 2 aromatic rings. The average molecular weight is 436 g/mol. The number of nitrogens with zero attached hydrogens (tertiary/aromatic N) is 2. The number of fused-ring (bicyclic) bond motifs is 1. The highest BCUT2D eigenvalue weighted by Gasteiger charge is 2.15. The molecule has 0 spiro atoms. The first-order chi connectivity index (χ1) is 15.9. The number of rotatable bonds is 4. The highest BCUT2D eigenvalue weighted by Crippen LogP contribution is 2.35. The average Bonchev–Trinajstić information content (AvgIpc) is 2.81. The van der Waals surface area contributed by atoms with Gasteiger partial charge in [-0.15, -0.1) is 0 Å². The van der Waals surface area contributed by atoms with Crippen LogP contribution in [0.15, 0.2) is 102 Å². The van der Waals surface area contributed by atoms with Gasteiger partial charge in [0, 0.05) is 37.5 Å². The molecule has 0 fully saturated rings. The zero-order valence-electron chi connectivity index (χ0n) is 20.0. The van der Waals surface area contributed by atoms with Crippen molar-refractivity contribution in [3.05, 3.63) is 119 Å². The van der Waals surface area contributed by atoms with Gasteiger partial charge in [-0.3, -0.25) is 0 Å². The van der Waals surface area contributed by atoms with Gasteiger partial charge in [-0.25, -0.2) is 4.58 Å². The summed E-state index contributed by atoms with van der Waals surface area (Å²) in [5.41, 5.74) is 8.10. The van der Waals surface area contributed by atoms with Crippen LogP contribution in [0.5, 0.6) is 5.75 Å². The lowest BCUT2D eigenvalue weighted by atomic mass is 9.98. The Labute approximate surface area is 197 Å². The predicted molar refractivity (Wildman–Crippen MR) is 141 cm³/mol. The van der Waals surface area contributed by atoms with Gasteiger partial charge >= 0.3 is 0 Å². The van der Waals surface area contributed by atoms with Crippen LogP contribution in [0, 0.1) is 6.92 Å². The second-order valence-corrected chi connectivity index (χ2v) is 8.74. The molecule has 2 aromatic carbocycles. The summed E-state index contributed by atoms with van der Waals surface area (Å²) in [6.07, 6.45) is 19.0. The number of ether oxygens (including phenoxy) is 1. The van der Waals surface area contributed by atoms with Crippen LogP contribution in [0.3, 0.4) is 0 Å². The molecule has 1 aliphatic heterocycles. The van der Waals surface area contributed by atoms with Crippen molar-refractivity contribution in [3.63, 3.8) is 0 Å². The summed E-state index contributed by atoms with van der Waals surface area (Å²) >= 11 is 0. The molecule has 0 N–H and O–H groups in total. The molecule has 3 heteroatoms. The molecule has 0 aromatic heterocycles. The Morgan fingerprint density at radius 2 is 1.58 bits per heavy atom. The van der Waals surface area contributed by atoms with Gasteiger partial charge < -0.3 is 9.64 Å². The Hall–Kier alpha value is -3.85. The number of anilines is 1. The second-order valence-electron chi connectivity index (χ2n) is 8.74. The highest BCUT2D eigenvalue weighted by molar-refractivity contribution is 6.02. The quantitative estimate of drug-likeness (QED) is 0.531. The summed E-state index contributed by atoms with van der Waals surface area (Å²) in [6.45, 7) is 2.09. The second kappa shape index (κ2) is 9.74. The molecule has 0 unspecified atom stereocenters. The van der Waals surface area contributed by atoms with Gasteiger partial charge in [0.1, 0.15) is 25.6 Å². The maximum atomic E-state index is 6.23. The zero-order chi connectivity index (χ0) is 23.4. The first-order valence-corrected chi connectivity index (χ1v) is 11.2. The van der Waals surface area contributed by atoms with Gasteiger partial charge in [-0.05, 0) is 71.7 Å². The number of allylic oxidation sites excluding steroid dienone is 10. The third-order valence-electron chi connectivity index (χ3n) is 5.69. The molecule has 0 atom stereocenters. The van der Waals surface area contributed by atoms with Crippen LogP contribution in [0.1, 0.15) is 16.7 Å².